The van der Waals surface area contributed by atoms with Crippen LogP contribution in [0.25, 0.3) is 10.9 Å². The van der Waals surface area contributed by atoms with Crippen molar-refractivity contribution < 1.29 is 9.90 Å². The number of aromatic hydroxyl groups is 1. The molecule has 3 aromatic rings. The molecule has 1 amide bonds. The lowest BCUT2D eigenvalue weighted by atomic mass is 9.83. The van der Waals surface area contributed by atoms with Gasteiger partial charge in [-0.1, -0.05) is 24.3 Å². The minimum Gasteiger partial charge on any atom is -0.508 e. The molecule has 0 spiro atoms. The SMILES string of the molecule is CC(C)(C#N)c1ccc(C2CC(=O)Nc3cnc4ccc(O)cc4c3C2)cc1. The van der Waals surface area contributed by atoms with Gasteiger partial charge in [0.1, 0.15) is 5.75 Å². The molecule has 140 valence electrons. The van der Waals surface area contributed by atoms with Crippen molar-refractivity contribution in [1.29, 1.82) is 5.26 Å². The minimum atomic E-state index is -0.550. The predicted molar refractivity (Wildman–Crippen MR) is 108 cm³/mol. The van der Waals surface area contributed by atoms with Crippen LogP contribution in [-0.2, 0) is 16.6 Å². The molecule has 0 fully saturated rings. The number of carbonyl (C=O) groups is 1. The van der Waals surface area contributed by atoms with Gasteiger partial charge in [-0.3, -0.25) is 9.78 Å². The van der Waals surface area contributed by atoms with E-state index in [1.54, 1.807) is 24.4 Å². The Morgan fingerprint density at radius 1 is 1.18 bits per heavy atom. The molecule has 28 heavy (non-hydrogen) atoms. The number of pyridine rings is 1. The number of nitrogens with one attached hydrogen (secondary N) is 1. The Bertz CT molecular complexity index is 1110. The Kier molecular flexibility index (Phi) is 4.27. The van der Waals surface area contributed by atoms with Crippen LogP contribution in [0.15, 0.2) is 48.7 Å². The molecule has 2 aromatic carbocycles. The zero-order valence-electron chi connectivity index (χ0n) is 15.9. The molecule has 1 aliphatic rings. The van der Waals surface area contributed by atoms with Crippen LogP contribution in [0.5, 0.6) is 5.75 Å². The maximum atomic E-state index is 12.5. The Hall–Kier alpha value is -3.39. The fourth-order valence-corrected chi connectivity index (χ4v) is 3.78. The van der Waals surface area contributed by atoms with Crippen LogP contribution in [0.4, 0.5) is 5.69 Å². The lowest BCUT2D eigenvalue weighted by molar-refractivity contribution is -0.116. The second-order valence-corrected chi connectivity index (χ2v) is 7.86. The minimum absolute atomic E-state index is 0.00782. The number of phenolic OH excluding ortho intramolecular Hbond substituents is 1. The molecule has 1 aliphatic heterocycles. The van der Waals surface area contributed by atoms with E-state index in [4.69, 9.17) is 0 Å². The smallest absolute Gasteiger partial charge is 0.225 e. The zero-order chi connectivity index (χ0) is 19.9. The highest BCUT2D eigenvalue weighted by atomic mass is 16.3. The zero-order valence-corrected chi connectivity index (χ0v) is 15.9. The monoisotopic (exact) mass is 371 g/mol. The summed E-state index contributed by atoms with van der Waals surface area (Å²) in [7, 11) is 0. The van der Waals surface area contributed by atoms with Gasteiger partial charge in [0, 0.05) is 11.8 Å². The van der Waals surface area contributed by atoms with Crippen LogP contribution < -0.4 is 5.32 Å². The lowest BCUT2D eigenvalue weighted by Gasteiger charge is -2.19. The summed E-state index contributed by atoms with van der Waals surface area (Å²) in [6.45, 7) is 3.78. The van der Waals surface area contributed by atoms with Gasteiger partial charge in [-0.05, 0) is 61.1 Å². The molecule has 0 saturated carbocycles. The molecule has 2 N–H and O–H groups in total. The molecule has 5 heteroatoms. The van der Waals surface area contributed by atoms with Crippen LogP contribution in [0.1, 0.15) is 42.9 Å². The van der Waals surface area contributed by atoms with Crippen LogP contribution in [0.2, 0.25) is 0 Å². The van der Waals surface area contributed by atoms with Crippen LogP contribution in [0.3, 0.4) is 0 Å². The van der Waals surface area contributed by atoms with Crippen molar-refractivity contribution in [3.05, 3.63) is 65.4 Å². The average Bonchev–Trinajstić information content (AvgIpc) is 2.86. The van der Waals surface area contributed by atoms with Gasteiger partial charge in [-0.25, -0.2) is 0 Å². The maximum absolute atomic E-state index is 12.5. The number of amides is 1. The second kappa shape index (κ2) is 6.65. The molecule has 5 nitrogen and oxygen atoms in total. The topological polar surface area (TPSA) is 86.0 Å². The fraction of sp³-hybridized carbons (Fsp3) is 0.261. The van der Waals surface area contributed by atoms with Crippen LogP contribution >= 0.6 is 0 Å². The third-order valence-electron chi connectivity index (χ3n) is 5.50. The van der Waals surface area contributed by atoms with E-state index in [0.29, 0.717) is 18.5 Å². The first-order chi connectivity index (χ1) is 13.4. The van der Waals surface area contributed by atoms with Crippen molar-refractivity contribution in [3.8, 4) is 11.8 Å². The molecule has 1 aromatic heterocycles. The summed E-state index contributed by atoms with van der Waals surface area (Å²) in [4.78, 5) is 16.9. The third kappa shape index (κ3) is 3.18. The number of aromatic nitrogens is 1. The normalized spacial score (nSPS) is 16.8. The Balaban J connectivity index is 1.76. The fourth-order valence-electron chi connectivity index (χ4n) is 3.78. The van der Waals surface area contributed by atoms with Crippen molar-refractivity contribution in [1.82, 2.24) is 4.98 Å². The first kappa shape index (κ1) is 18.0. The van der Waals surface area contributed by atoms with E-state index < -0.39 is 5.41 Å². The number of anilines is 1. The summed E-state index contributed by atoms with van der Waals surface area (Å²) in [5, 5.41) is 23.1. The van der Waals surface area contributed by atoms with Gasteiger partial charge < -0.3 is 10.4 Å². The molecule has 0 saturated heterocycles. The summed E-state index contributed by atoms with van der Waals surface area (Å²) in [5.74, 6) is 0.137. The summed E-state index contributed by atoms with van der Waals surface area (Å²) in [5.41, 5.74) is 3.94. The van der Waals surface area contributed by atoms with Gasteiger partial charge in [-0.2, -0.15) is 5.26 Å². The average molecular weight is 371 g/mol. The number of hydrogen-bond acceptors (Lipinski definition) is 4. The van der Waals surface area contributed by atoms with E-state index in [9.17, 15) is 15.2 Å². The first-order valence-electron chi connectivity index (χ1n) is 9.29. The van der Waals surface area contributed by atoms with Crippen molar-refractivity contribution in [3.63, 3.8) is 0 Å². The molecule has 4 rings (SSSR count). The summed E-state index contributed by atoms with van der Waals surface area (Å²) in [6, 6.07) is 15.4. The van der Waals surface area contributed by atoms with Gasteiger partial charge in [0.25, 0.3) is 0 Å². The summed E-state index contributed by atoms with van der Waals surface area (Å²) in [6.07, 6.45) is 2.72. The largest absolute Gasteiger partial charge is 0.508 e. The van der Waals surface area contributed by atoms with Gasteiger partial charge in [-0.15, -0.1) is 0 Å². The van der Waals surface area contributed by atoms with E-state index in [0.717, 1.165) is 27.6 Å². The number of fused-ring (bicyclic) bond motifs is 3. The molecular weight excluding hydrogens is 350 g/mol. The van der Waals surface area contributed by atoms with Gasteiger partial charge in [0.2, 0.25) is 5.91 Å². The van der Waals surface area contributed by atoms with Crippen molar-refractivity contribution in [2.45, 2.75) is 38.0 Å². The molecule has 0 bridgehead atoms. The third-order valence-corrected chi connectivity index (χ3v) is 5.50. The van der Waals surface area contributed by atoms with Crippen molar-refractivity contribution in [2.24, 2.45) is 0 Å². The Morgan fingerprint density at radius 2 is 1.93 bits per heavy atom. The van der Waals surface area contributed by atoms with E-state index in [-0.39, 0.29) is 17.6 Å². The van der Waals surface area contributed by atoms with Crippen molar-refractivity contribution in [2.75, 3.05) is 5.32 Å². The van der Waals surface area contributed by atoms with E-state index >= 15 is 0 Å². The molecule has 2 heterocycles. The highest BCUT2D eigenvalue weighted by molar-refractivity contribution is 5.97. The highest BCUT2D eigenvalue weighted by Crippen LogP contribution is 2.36. The second-order valence-electron chi connectivity index (χ2n) is 7.86. The van der Waals surface area contributed by atoms with Crippen LogP contribution in [-0.4, -0.2) is 16.0 Å². The van der Waals surface area contributed by atoms with E-state index in [1.807, 2.05) is 38.1 Å². The number of nitrogens with zero attached hydrogens (tertiary/aromatic N) is 2. The Labute approximate surface area is 163 Å². The van der Waals surface area contributed by atoms with E-state index in [1.165, 1.54) is 0 Å². The predicted octanol–water partition coefficient (Wildman–Crippen LogP) is 4.41. The lowest BCUT2D eigenvalue weighted by Crippen LogP contribution is -2.15. The number of rotatable bonds is 2. The molecule has 0 aliphatic carbocycles. The maximum Gasteiger partial charge on any atom is 0.225 e. The quantitative estimate of drug-likeness (QED) is 0.699. The number of benzene rings is 2. The summed E-state index contributed by atoms with van der Waals surface area (Å²) < 4.78 is 0. The van der Waals surface area contributed by atoms with Gasteiger partial charge >= 0.3 is 0 Å². The van der Waals surface area contributed by atoms with Crippen molar-refractivity contribution >= 4 is 22.5 Å². The first-order valence-corrected chi connectivity index (χ1v) is 9.29. The summed E-state index contributed by atoms with van der Waals surface area (Å²) >= 11 is 0. The van der Waals surface area contributed by atoms with E-state index in [2.05, 4.69) is 16.4 Å². The molecular formula is C23H21N3O2. The highest BCUT2D eigenvalue weighted by Gasteiger charge is 2.26. The number of hydrogen-bond donors (Lipinski definition) is 2. The number of phenols is 1. The van der Waals surface area contributed by atoms with Gasteiger partial charge in [0.15, 0.2) is 0 Å². The molecule has 1 unspecified atom stereocenters. The molecule has 1 atom stereocenters. The standard InChI is InChI=1S/C23H21N3O2/c1-23(2,13-24)16-5-3-14(4-6-16)15-9-18-19-11-17(27)7-8-20(19)25-12-21(18)26-22(28)10-15/h3-8,11-12,15,27H,9-10H2,1-2H3,(H,26,28). The Morgan fingerprint density at radius 3 is 2.64 bits per heavy atom. The number of nitriles is 1. The van der Waals surface area contributed by atoms with Crippen LogP contribution in [0, 0.1) is 11.3 Å². The number of carbonyl (C=O) groups excluding carboxylic acids is 1. The van der Waals surface area contributed by atoms with Gasteiger partial charge in [0.05, 0.1) is 28.9 Å². The molecule has 0 radical (unpaired) electrons.